The molecule has 0 atom stereocenters. The molecule has 1 aromatic carbocycles. The van der Waals surface area contributed by atoms with Crippen molar-refractivity contribution in [3.8, 4) is 0 Å². The van der Waals surface area contributed by atoms with Gasteiger partial charge in [-0.15, -0.1) is 0 Å². The molecule has 0 spiro atoms. The maximum Gasteiger partial charge on any atom is 0.409 e. The van der Waals surface area contributed by atoms with Crippen molar-refractivity contribution in [2.45, 2.75) is 6.11 Å². The van der Waals surface area contributed by atoms with E-state index in [-0.39, 0.29) is 0 Å². The lowest BCUT2D eigenvalue weighted by Crippen LogP contribution is -2.18. The summed E-state index contributed by atoms with van der Waals surface area (Å²) in [6.45, 7) is 0. The number of hydrogen-bond donors (Lipinski definition) is 0. The fourth-order valence-electron chi connectivity index (χ4n) is 0.877. The van der Waals surface area contributed by atoms with Gasteiger partial charge in [0, 0.05) is 7.11 Å². The molecule has 0 aliphatic rings. The quantitative estimate of drug-likeness (QED) is 0.731. The van der Waals surface area contributed by atoms with E-state index in [0.29, 0.717) is 5.56 Å². The molecule has 0 bridgehead atoms. The van der Waals surface area contributed by atoms with Gasteiger partial charge in [0.1, 0.15) is 0 Å². The van der Waals surface area contributed by atoms with Gasteiger partial charge >= 0.3 is 6.11 Å². The van der Waals surface area contributed by atoms with Crippen molar-refractivity contribution in [1.29, 1.82) is 0 Å². The van der Waals surface area contributed by atoms with E-state index in [2.05, 4.69) is 4.74 Å². The maximum absolute atomic E-state index is 12.9. The summed E-state index contributed by atoms with van der Waals surface area (Å²) in [7, 11) is 0.748. The number of hydrogen-bond acceptors (Lipinski definition) is 1. The lowest BCUT2D eigenvalue weighted by Gasteiger charge is -2.10. The highest BCUT2D eigenvalue weighted by Crippen LogP contribution is 2.27. The predicted octanol–water partition coefficient (Wildman–Crippen LogP) is 3.24. The lowest BCUT2D eigenvalue weighted by molar-refractivity contribution is -0.201. The third kappa shape index (κ3) is 2.60. The highest BCUT2D eigenvalue weighted by Gasteiger charge is 2.34. The van der Waals surface area contributed by atoms with Crippen LogP contribution in [0.15, 0.2) is 36.2 Å². The molecule has 0 fully saturated rings. The first-order valence-electron chi connectivity index (χ1n) is 3.92. The Bertz CT molecular complexity index is 319. The van der Waals surface area contributed by atoms with Crippen molar-refractivity contribution in [3.05, 3.63) is 41.7 Å². The number of ether oxygens (including phenoxy) is 1. The summed E-state index contributed by atoms with van der Waals surface area (Å²) in [6, 6.07) is 8.01. The van der Waals surface area contributed by atoms with Crippen LogP contribution in [0.5, 0.6) is 0 Å². The third-order valence-corrected chi connectivity index (χ3v) is 1.63. The molecule has 0 N–H and O–H groups in total. The smallest absolute Gasteiger partial charge is 0.318 e. The van der Waals surface area contributed by atoms with Gasteiger partial charge in [-0.2, -0.15) is 8.78 Å². The first-order chi connectivity index (χ1) is 6.56. The zero-order chi connectivity index (χ0) is 10.6. The average molecular weight is 202 g/mol. The second-order valence-electron chi connectivity index (χ2n) is 2.62. The van der Waals surface area contributed by atoms with E-state index in [9.17, 15) is 13.2 Å². The van der Waals surface area contributed by atoms with Gasteiger partial charge in [-0.3, -0.25) is 0 Å². The van der Waals surface area contributed by atoms with Crippen LogP contribution in [0, 0.1) is 0 Å². The molecule has 0 aliphatic carbocycles. The second-order valence-corrected chi connectivity index (χ2v) is 2.62. The molecule has 0 aliphatic heterocycles. The topological polar surface area (TPSA) is 9.23 Å². The van der Waals surface area contributed by atoms with E-state index < -0.39 is 11.9 Å². The Morgan fingerprint density at radius 1 is 1.29 bits per heavy atom. The van der Waals surface area contributed by atoms with Crippen LogP contribution in [0.2, 0.25) is 0 Å². The van der Waals surface area contributed by atoms with Crippen LogP contribution in [0.3, 0.4) is 0 Å². The van der Waals surface area contributed by atoms with Crippen LogP contribution in [0.25, 0.3) is 6.08 Å². The summed E-state index contributed by atoms with van der Waals surface area (Å²) in [4.78, 5) is 0. The molecule has 0 radical (unpaired) electrons. The Kier molecular flexibility index (Phi) is 3.30. The van der Waals surface area contributed by atoms with E-state index in [4.69, 9.17) is 0 Å². The van der Waals surface area contributed by atoms with Gasteiger partial charge in [0.15, 0.2) is 5.83 Å². The monoisotopic (exact) mass is 202 g/mol. The lowest BCUT2D eigenvalue weighted by atomic mass is 10.2. The van der Waals surface area contributed by atoms with Gasteiger partial charge < -0.3 is 4.74 Å². The molecular formula is C10H9F3O. The molecule has 14 heavy (non-hydrogen) atoms. The number of methoxy groups -OCH3 is 1. The minimum absolute atomic E-state index is 0.363. The van der Waals surface area contributed by atoms with Crippen molar-refractivity contribution >= 4 is 6.08 Å². The number of alkyl halides is 2. The second kappa shape index (κ2) is 4.28. The van der Waals surface area contributed by atoms with Crippen LogP contribution in [0.4, 0.5) is 13.2 Å². The molecule has 1 aromatic rings. The Balaban J connectivity index is 2.89. The Labute approximate surface area is 79.8 Å². The first-order valence-corrected chi connectivity index (χ1v) is 3.92. The molecule has 0 saturated carbocycles. The van der Waals surface area contributed by atoms with Gasteiger partial charge in [-0.25, -0.2) is 4.39 Å². The summed E-state index contributed by atoms with van der Waals surface area (Å²) < 4.78 is 41.7. The van der Waals surface area contributed by atoms with Crippen LogP contribution in [-0.4, -0.2) is 13.2 Å². The van der Waals surface area contributed by atoms with Crippen molar-refractivity contribution in [2.75, 3.05) is 7.11 Å². The molecule has 0 unspecified atom stereocenters. The number of rotatable bonds is 3. The standard InChI is InChI=1S/C10H9F3O/c1-14-10(12,13)9(11)7-8-5-3-2-4-6-8/h2-7H,1H3/b9-7-. The van der Waals surface area contributed by atoms with Gasteiger partial charge in [0.05, 0.1) is 0 Å². The molecule has 0 heterocycles. The maximum atomic E-state index is 12.9. The number of halogens is 3. The zero-order valence-electron chi connectivity index (χ0n) is 7.51. The van der Waals surface area contributed by atoms with Gasteiger partial charge in [0.25, 0.3) is 0 Å². The van der Waals surface area contributed by atoms with Crippen molar-refractivity contribution in [1.82, 2.24) is 0 Å². The Morgan fingerprint density at radius 3 is 2.36 bits per heavy atom. The summed E-state index contributed by atoms with van der Waals surface area (Å²) in [5.74, 6) is -1.61. The van der Waals surface area contributed by atoms with Gasteiger partial charge in [0.2, 0.25) is 0 Å². The fourth-order valence-corrected chi connectivity index (χ4v) is 0.877. The molecule has 0 amide bonds. The first kappa shape index (κ1) is 10.8. The van der Waals surface area contributed by atoms with Gasteiger partial charge in [-0.1, -0.05) is 30.3 Å². The number of benzene rings is 1. The molecule has 1 nitrogen and oxygen atoms in total. The van der Waals surface area contributed by atoms with E-state index in [1.165, 1.54) is 12.1 Å². The fraction of sp³-hybridized carbons (Fsp3) is 0.200. The predicted molar refractivity (Wildman–Crippen MR) is 47.5 cm³/mol. The van der Waals surface area contributed by atoms with Crippen LogP contribution in [0.1, 0.15) is 5.56 Å². The average Bonchev–Trinajstić information content (AvgIpc) is 2.19. The molecule has 1 rings (SSSR count). The highest BCUT2D eigenvalue weighted by molar-refractivity contribution is 5.51. The zero-order valence-corrected chi connectivity index (χ0v) is 7.51. The van der Waals surface area contributed by atoms with Crippen molar-refractivity contribution in [2.24, 2.45) is 0 Å². The molecule has 0 aromatic heterocycles. The molecule has 76 valence electrons. The van der Waals surface area contributed by atoms with Crippen molar-refractivity contribution in [3.63, 3.8) is 0 Å². The summed E-state index contributed by atoms with van der Waals surface area (Å²) in [5, 5.41) is 0. The summed E-state index contributed by atoms with van der Waals surface area (Å²) >= 11 is 0. The largest absolute Gasteiger partial charge is 0.409 e. The molecule has 0 saturated heterocycles. The van der Waals surface area contributed by atoms with Crippen molar-refractivity contribution < 1.29 is 17.9 Å². The summed E-state index contributed by atoms with van der Waals surface area (Å²) in [6.07, 6.45) is -3.11. The SMILES string of the molecule is COC(F)(F)/C(F)=C/c1ccccc1. The Hall–Kier alpha value is -1.29. The van der Waals surface area contributed by atoms with E-state index >= 15 is 0 Å². The van der Waals surface area contributed by atoms with Gasteiger partial charge in [-0.05, 0) is 11.6 Å². The minimum Gasteiger partial charge on any atom is -0.318 e. The van der Waals surface area contributed by atoms with E-state index in [1.54, 1.807) is 18.2 Å². The normalized spacial score (nSPS) is 13.0. The summed E-state index contributed by atoms with van der Waals surface area (Å²) in [5.41, 5.74) is 0.363. The molecule has 4 heteroatoms. The minimum atomic E-state index is -3.85. The van der Waals surface area contributed by atoms with E-state index in [1.807, 2.05) is 0 Å². The highest BCUT2D eigenvalue weighted by atomic mass is 19.3. The van der Waals surface area contributed by atoms with Crippen LogP contribution in [-0.2, 0) is 4.74 Å². The Morgan fingerprint density at radius 2 is 1.86 bits per heavy atom. The van der Waals surface area contributed by atoms with E-state index in [0.717, 1.165) is 13.2 Å². The third-order valence-electron chi connectivity index (χ3n) is 1.63. The van der Waals surface area contributed by atoms with Crippen LogP contribution >= 0.6 is 0 Å². The molecular weight excluding hydrogens is 193 g/mol. The van der Waals surface area contributed by atoms with Crippen LogP contribution < -0.4 is 0 Å².